The fraction of sp³-hybridized carbons (Fsp3) is 0.581. The number of aromatic nitrogens is 1. The van der Waals surface area contributed by atoms with Crippen LogP contribution in [0.3, 0.4) is 0 Å². The molecule has 2 unspecified atom stereocenters. The van der Waals surface area contributed by atoms with Gasteiger partial charge in [0.25, 0.3) is 0 Å². The Labute approximate surface area is 229 Å². The quantitative estimate of drug-likeness (QED) is 0.309. The van der Waals surface area contributed by atoms with Crippen LogP contribution in [0.15, 0.2) is 48.4 Å². The maximum absolute atomic E-state index is 11.1. The van der Waals surface area contributed by atoms with Gasteiger partial charge in [-0.25, -0.2) is 0 Å². The van der Waals surface area contributed by atoms with Gasteiger partial charge < -0.3 is 24.2 Å². The Morgan fingerprint density at radius 2 is 1.76 bits per heavy atom. The second kappa shape index (κ2) is 13.5. The number of rotatable bonds is 14. The summed E-state index contributed by atoms with van der Waals surface area (Å²) in [5.41, 5.74) is 2.17. The minimum absolute atomic E-state index is 0.164. The summed E-state index contributed by atoms with van der Waals surface area (Å²) in [6.45, 7) is 21.6. The van der Waals surface area contributed by atoms with Crippen molar-refractivity contribution in [1.82, 2.24) is 9.88 Å². The number of hydrogen-bond donors (Lipinski definition) is 1. The first-order valence-corrected chi connectivity index (χ1v) is 14.2. The predicted octanol–water partition coefficient (Wildman–Crippen LogP) is 5.88. The highest BCUT2D eigenvalue weighted by Crippen LogP contribution is 2.54. The molecule has 0 radical (unpaired) electrons. The fourth-order valence-corrected chi connectivity index (χ4v) is 5.66. The molecule has 0 amide bonds. The van der Waals surface area contributed by atoms with Crippen molar-refractivity contribution >= 4 is 5.69 Å². The molecule has 2 aromatic rings. The lowest BCUT2D eigenvalue weighted by atomic mass is 9.77. The van der Waals surface area contributed by atoms with Crippen LogP contribution in [-0.4, -0.2) is 60.4 Å². The molecule has 0 saturated heterocycles. The van der Waals surface area contributed by atoms with Gasteiger partial charge in [0.2, 0.25) is 0 Å². The number of fused-ring (bicyclic) bond motifs is 1. The highest BCUT2D eigenvalue weighted by Gasteiger charge is 2.54. The van der Waals surface area contributed by atoms with E-state index < -0.39 is 11.9 Å². The normalized spacial score (nSPS) is 20.8. The van der Waals surface area contributed by atoms with Crippen LogP contribution in [0.1, 0.15) is 78.5 Å². The second-order valence-corrected chi connectivity index (χ2v) is 9.62. The van der Waals surface area contributed by atoms with Crippen LogP contribution >= 0.6 is 0 Å². The highest BCUT2D eigenvalue weighted by molar-refractivity contribution is 5.58. The lowest BCUT2D eigenvalue weighted by Gasteiger charge is -2.38. The van der Waals surface area contributed by atoms with E-state index in [0.29, 0.717) is 24.5 Å². The van der Waals surface area contributed by atoms with Crippen molar-refractivity contribution in [3.8, 4) is 5.75 Å². The number of pyridine rings is 1. The zero-order valence-corrected chi connectivity index (χ0v) is 24.5. The Balaban J connectivity index is 2.28. The van der Waals surface area contributed by atoms with Crippen molar-refractivity contribution in [3.05, 3.63) is 65.2 Å². The molecule has 0 spiro atoms. The summed E-state index contributed by atoms with van der Waals surface area (Å²) >= 11 is 0. The summed E-state index contributed by atoms with van der Waals surface area (Å²) < 4.78 is 19.2. The van der Waals surface area contributed by atoms with Crippen LogP contribution in [0.5, 0.6) is 5.75 Å². The molecule has 1 aliphatic heterocycles. The summed E-state index contributed by atoms with van der Waals surface area (Å²) in [6, 6.07) is 10.1. The predicted molar refractivity (Wildman–Crippen MR) is 153 cm³/mol. The molecule has 4 atom stereocenters. The lowest BCUT2D eigenvalue weighted by molar-refractivity contribution is -0.174. The summed E-state index contributed by atoms with van der Waals surface area (Å²) in [4.78, 5) is 9.46. The van der Waals surface area contributed by atoms with Gasteiger partial charge >= 0.3 is 0 Å². The lowest BCUT2D eigenvalue weighted by Crippen LogP contribution is -2.39. The molecule has 1 aliphatic rings. The van der Waals surface area contributed by atoms with Crippen LogP contribution in [0.2, 0.25) is 0 Å². The Morgan fingerprint density at radius 3 is 2.37 bits per heavy atom. The molecule has 0 saturated carbocycles. The molecular weight excluding hydrogens is 478 g/mol. The van der Waals surface area contributed by atoms with Crippen molar-refractivity contribution in [1.29, 1.82) is 0 Å². The molecule has 3 rings (SSSR count). The molecule has 7 nitrogen and oxygen atoms in total. The van der Waals surface area contributed by atoms with E-state index >= 15 is 0 Å². The van der Waals surface area contributed by atoms with Crippen molar-refractivity contribution in [2.75, 3.05) is 44.3 Å². The van der Waals surface area contributed by atoms with Crippen LogP contribution < -0.4 is 9.64 Å². The number of benzene rings is 1. The standard InChI is InChI=1S/C31H47N3O4/c1-9-33(10-2)22(7)20-27(36-13-5)23(8)31(29-25(30(35)38-31)16-15-19-32-29)26-18-17-24(34(11-3)12-4)21-28(26)37-14-6/h15-23,30,35H,9-14H2,1-8H3/b27-20+/t22-,23+,30?,31?/m1/s1. The van der Waals surface area contributed by atoms with Gasteiger partial charge in [0.05, 0.1) is 30.6 Å². The maximum atomic E-state index is 11.1. The number of anilines is 1. The van der Waals surface area contributed by atoms with E-state index in [1.165, 1.54) is 0 Å². The van der Waals surface area contributed by atoms with Crippen molar-refractivity contribution < 1.29 is 19.3 Å². The van der Waals surface area contributed by atoms with Gasteiger partial charge in [0, 0.05) is 48.2 Å². The molecule has 0 bridgehead atoms. The van der Waals surface area contributed by atoms with Gasteiger partial charge in [-0.3, -0.25) is 9.88 Å². The second-order valence-electron chi connectivity index (χ2n) is 9.62. The third-order valence-corrected chi connectivity index (χ3v) is 7.69. The number of likely N-dealkylation sites (N-methyl/N-ethyl adjacent to an activating group) is 1. The highest BCUT2D eigenvalue weighted by atomic mass is 16.6. The Bertz CT molecular complexity index is 1070. The Kier molecular flexibility index (Phi) is 10.6. The van der Waals surface area contributed by atoms with E-state index in [1.807, 2.05) is 26.0 Å². The van der Waals surface area contributed by atoms with E-state index in [-0.39, 0.29) is 12.0 Å². The Morgan fingerprint density at radius 1 is 1.05 bits per heavy atom. The number of ether oxygens (including phenoxy) is 3. The molecule has 1 N–H and O–H groups in total. The van der Waals surface area contributed by atoms with E-state index in [0.717, 1.165) is 48.9 Å². The van der Waals surface area contributed by atoms with Crippen LogP contribution in [0, 0.1) is 5.92 Å². The van der Waals surface area contributed by atoms with Crippen LogP contribution in [-0.2, 0) is 15.1 Å². The SMILES string of the molecule is CCO/C(=C/[C@@H](C)N(CC)CC)[C@H](C)C1(c2ccc(N(CC)CC)cc2OCC)OC(O)c2cccnc21. The third kappa shape index (κ3) is 5.70. The van der Waals surface area contributed by atoms with Crippen molar-refractivity contribution in [2.24, 2.45) is 5.92 Å². The van der Waals surface area contributed by atoms with Gasteiger partial charge in [0.15, 0.2) is 11.9 Å². The molecule has 0 fully saturated rings. The molecule has 1 aromatic heterocycles. The molecule has 1 aromatic carbocycles. The number of hydrogen-bond acceptors (Lipinski definition) is 7. The monoisotopic (exact) mass is 525 g/mol. The van der Waals surface area contributed by atoms with E-state index in [2.05, 4.69) is 75.6 Å². The number of aliphatic hydroxyl groups is 1. The molecule has 7 heteroatoms. The average molecular weight is 526 g/mol. The average Bonchev–Trinajstić information content (AvgIpc) is 3.23. The maximum Gasteiger partial charge on any atom is 0.184 e. The smallest absolute Gasteiger partial charge is 0.184 e. The fourth-order valence-electron chi connectivity index (χ4n) is 5.66. The van der Waals surface area contributed by atoms with E-state index in [9.17, 15) is 5.11 Å². The first kappa shape index (κ1) is 29.9. The van der Waals surface area contributed by atoms with Gasteiger partial charge in [-0.1, -0.05) is 26.8 Å². The van der Waals surface area contributed by atoms with E-state index in [1.54, 1.807) is 6.20 Å². The van der Waals surface area contributed by atoms with Gasteiger partial charge in [-0.15, -0.1) is 0 Å². The van der Waals surface area contributed by atoms with Crippen molar-refractivity contribution in [2.45, 2.75) is 73.3 Å². The zero-order valence-electron chi connectivity index (χ0n) is 24.5. The van der Waals surface area contributed by atoms with Gasteiger partial charge in [-0.05, 0) is 72.0 Å². The summed E-state index contributed by atoms with van der Waals surface area (Å²) in [6.07, 6.45) is 2.83. The molecule has 2 heterocycles. The molecule has 210 valence electrons. The summed E-state index contributed by atoms with van der Waals surface area (Å²) in [5, 5.41) is 11.1. The minimum Gasteiger partial charge on any atom is -0.498 e. The van der Waals surface area contributed by atoms with Gasteiger partial charge in [0.1, 0.15) is 5.75 Å². The van der Waals surface area contributed by atoms with Crippen LogP contribution in [0.25, 0.3) is 0 Å². The third-order valence-electron chi connectivity index (χ3n) is 7.69. The summed E-state index contributed by atoms with van der Waals surface area (Å²) in [5.74, 6) is 1.24. The van der Waals surface area contributed by atoms with Gasteiger partial charge in [-0.2, -0.15) is 0 Å². The number of nitrogens with zero attached hydrogens (tertiary/aromatic N) is 3. The molecule has 0 aliphatic carbocycles. The largest absolute Gasteiger partial charge is 0.498 e. The summed E-state index contributed by atoms with van der Waals surface area (Å²) in [7, 11) is 0. The zero-order chi connectivity index (χ0) is 27.9. The minimum atomic E-state index is -1.11. The number of aliphatic hydroxyl groups excluding tert-OH is 1. The van der Waals surface area contributed by atoms with E-state index in [4.69, 9.17) is 19.2 Å². The van der Waals surface area contributed by atoms with Crippen molar-refractivity contribution in [3.63, 3.8) is 0 Å². The van der Waals surface area contributed by atoms with Crippen LogP contribution in [0.4, 0.5) is 5.69 Å². The Hall–Kier alpha value is -2.61. The molecule has 38 heavy (non-hydrogen) atoms. The molecular formula is C31H47N3O4. The topological polar surface area (TPSA) is 67.3 Å². The first-order valence-electron chi connectivity index (χ1n) is 14.2. The first-order chi connectivity index (χ1) is 18.3.